The van der Waals surface area contributed by atoms with Crippen molar-refractivity contribution < 1.29 is 0 Å². The maximum absolute atomic E-state index is 6.04. The zero-order valence-electron chi connectivity index (χ0n) is 12.4. The normalized spacial score (nSPS) is 12.8. The van der Waals surface area contributed by atoms with E-state index in [0.717, 1.165) is 32.5 Å². The Morgan fingerprint density at radius 2 is 1.56 bits per heavy atom. The summed E-state index contributed by atoms with van der Waals surface area (Å²) in [6, 6.07) is 0.322. The Balaban J connectivity index is 3.08. The number of hydrogen-bond acceptors (Lipinski definition) is 3. The molecule has 1 atom stereocenters. The summed E-state index contributed by atoms with van der Waals surface area (Å²) in [6.07, 6.45) is 12.9. The van der Waals surface area contributed by atoms with Crippen LogP contribution in [0.4, 0.5) is 0 Å². The molecule has 0 fully saturated rings. The smallest absolute Gasteiger partial charge is 0.0165 e. The molecular weight excluding hydrogens is 222 g/mol. The molecule has 0 aromatic heterocycles. The van der Waals surface area contributed by atoms with Gasteiger partial charge in [0, 0.05) is 12.6 Å². The molecule has 0 aliphatic carbocycles. The second-order valence-corrected chi connectivity index (χ2v) is 5.37. The summed E-state index contributed by atoms with van der Waals surface area (Å²) in [5.41, 5.74) is 11.5. The molecule has 0 amide bonds. The van der Waals surface area contributed by atoms with Gasteiger partial charge in [0.2, 0.25) is 0 Å². The third-order valence-electron chi connectivity index (χ3n) is 3.39. The molecule has 0 aromatic rings. The van der Waals surface area contributed by atoms with Crippen molar-refractivity contribution in [3.8, 4) is 0 Å². The molecule has 0 spiro atoms. The predicted molar refractivity (Wildman–Crippen MR) is 81.7 cm³/mol. The molecular formula is C15H35N3. The van der Waals surface area contributed by atoms with Crippen LogP contribution >= 0.6 is 0 Å². The molecule has 0 radical (unpaired) electrons. The average Bonchev–Trinajstić information content (AvgIpc) is 2.38. The summed E-state index contributed by atoms with van der Waals surface area (Å²) in [5, 5.41) is 3.47. The largest absolute Gasteiger partial charge is 0.330 e. The predicted octanol–water partition coefficient (Wildman–Crippen LogP) is 2.78. The first-order valence-electron chi connectivity index (χ1n) is 7.97. The molecule has 0 saturated heterocycles. The minimum absolute atomic E-state index is 0.322. The second kappa shape index (κ2) is 14.9. The van der Waals surface area contributed by atoms with E-state index in [1.165, 1.54) is 51.4 Å². The Morgan fingerprint density at radius 3 is 2.28 bits per heavy atom. The van der Waals surface area contributed by atoms with E-state index in [1.54, 1.807) is 0 Å². The molecule has 0 aliphatic heterocycles. The van der Waals surface area contributed by atoms with Gasteiger partial charge in [0.15, 0.2) is 0 Å². The number of unbranched alkanes of at least 4 members (excludes halogenated alkanes) is 7. The van der Waals surface area contributed by atoms with E-state index in [-0.39, 0.29) is 0 Å². The molecule has 0 bridgehead atoms. The lowest BCUT2D eigenvalue weighted by atomic mass is 10.1. The van der Waals surface area contributed by atoms with E-state index >= 15 is 0 Å². The molecule has 0 rings (SSSR count). The molecule has 0 heterocycles. The maximum Gasteiger partial charge on any atom is 0.0165 e. The molecule has 0 aliphatic rings. The third-order valence-corrected chi connectivity index (χ3v) is 3.39. The SMILES string of the molecule is CCCCCCCCNCC(N)CCCCCN. The Bertz CT molecular complexity index is 151. The van der Waals surface area contributed by atoms with Gasteiger partial charge in [-0.15, -0.1) is 0 Å². The molecule has 5 N–H and O–H groups in total. The molecule has 1 unspecified atom stereocenters. The number of nitrogens with one attached hydrogen (secondary N) is 1. The van der Waals surface area contributed by atoms with Crippen LogP contribution in [0.5, 0.6) is 0 Å². The quantitative estimate of drug-likeness (QED) is 0.419. The summed E-state index contributed by atoms with van der Waals surface area (Å²) >= 11 is 0. The number of nitrogens with two attached hydrogens (primary N) is 2. The minimum atomic E-state index is 0.322. The fourth-order valence-corrected chi connectivity index (χ4v) is 2.15. The van der Waals surface area contributed by atoms with Gasteiger partial charge in [-0.25, -0.2) is 0 Å². The average molecular weight is 257 g/mol. The van der Waals surface area contributed by atoms with Crippen LogP contribution in [0, 0.1) is 0 Å². The minimum Gasteiger partial charge on any atom is -0.330 e. The lowest BCUT2D eigenvalue weighted by Crippen LogP contribution is -2.34. The van der Waals surface area contributed by atoms with Crippen molar-refractivity contribution >= 4 is 0 Å². The summed E-state index contributed by atoms with van der Waals surface area (Å²) in [4.78, 5) is 0. The molecule has 0 saturated carbocycles. The van der Waals surface area contributed by atoms with Gasteiger partial charge in [-0.05, 0) is 32.4 Å². The van der Waals surface area contributed by atoms with E-state index in [0.29, 0.717) is 6.04 Å². The highest BCUT2D eigenvalue weighted by atomic mass is 14.9. The van der Waals surface area contributed by atoms with Crippen molar-refractivity contribution in [2.75, 3.05) is 19.6 Å². The van der Waals surface area contributed by atoms with Crippen molar-refractivity contribution in [3.63, 3.8) is 0 Å². The van der Waals surface area contributed by atoms with Gasteiger partial charge >= 0.3 is 0 Å². The van der Waals surface area contributed by atoms with Gasteiger partial charge in [0.25, 0.3) is 0 Å². The summed E-state index contributed by atoms with van der Waals surface area (Å²) < 4.78 is 0. The molecule has 3 heteroatoms. The van der Waals surface area contributed by atoms with Crippen molar-refractivity contribution in [1.29, 1.82) is 0 Å². The van der Waals surface area contributed by atoms with Crippen LogP contribution in [0.3, 0.4) is 0 Å². The summed E-state index contributed by atoms with van der Waals surface area (Å²) in [7, 11) is 0. The van der Waals surface area contributed by atoms with Crippen LogP contribution in [-0.4, -0.2) is 25.7 Å². The lowest BCUT2D eigenvalue weighted by molar-refractivity contribution is 0.499. The Kier molecular flexibility index (Phi) is 14.8. The molecule has 0 aromatic carbocycles. The lowest BCUT2D eigenvalue weighted by Gasteiger charge is -2.12. The summed E-state index contributed by atoms with van der Waals surface area (Å²) in [6.45, 7) is 5.17. The first kappa shape index (κ1) is 17.9. The van der Waals surface area contributed by atoms with E-state index in [2.05, 4.69) is 12.2 Å². The van der Waals surface area contributed by atoms with Crippen molar-refractivity contribution in [3.05, 3.63) is 0 Å². The fraction of sp³-hybridized carbons (Fsp3) is 1.00. The first-order valence-corrected chi connectivity index (χ1v) is 7.97. The van der Waals surface area contributed by atoms with E-state index in [9.17, 15) is 0 Å². The van der Waals surface area contributed by atoms with Crippen LogP contribution in [0.15, 0.2) is 0 Å². The number of rotatable bonds is 14. The summed E-state index contributed by atoms with van der Waals surface area (Å²) in [5.74, 6) is 0. The zero-order chi connectivity index (χ0) is 13.5. The van der Waals surface area contributed by atoms with Crippen LogP contribution in [0.25, 0.3) is 0 Å². The monoisotopic (exact) mass is 257 g/mol. The standard InChI is InChI=1S/C15H35N3/c1-2-3-4-5-6-10-13-18-14-15(17)11-8-7-9-12-16/h15,18H,2-14,16-17H2,1H3. The Labute approximate surface area is 114 Å². The van der Waals surface area contributed by atoms with E-state index in [4.69, 9.17) is 11.5 Å². The van der Waals surface area contributed by atoms with Gasteiger partial charge in [0.05, 0.1) is 0 Å². The van der Waals surface area contributed by atoms with Crippen LogP contribution < -0.4 is 16.8 Å². The van der Waals surface area contributed by atoms with Gasteiger partial charge in [-0.2, -0.15) is 0 Å². The van der Waals surface area contributed by atoms with Crippen molar-refractivity contribution in [2.24, 2.45) is 11.5 Å². The highest BCUT2D eigenvalue weighted by molar-refractivity contribution is 4.64. The highest BCUT2D eigenvalue weighted by Gasteiger charge is 2.01. The fourth-order valence-electron chi connectivity index (χ4n) is 2.15. The molecule has 110 valence electrons. The zero-order valence-corrected chi connectivity index (χ0v) is 12.4. The van der Waals surface area contributed by atoms with Crippen LogP contribution in [0.1, 0.15) is 71.1 Å². The Hall–Kier alpha value is -0.120. The maximum atomic E-state index is 6.04. The molecule has 18 heavy (non-hydrogen) atoms. The van der Waals surface area contributed by atoms with Crippen molar-refractivity contribution in [1.82, 2.24) is 5.32 Å². The van der Waals surface area contributed by atoms with E-state index in [1.807, 2.05) is 0 Å². The second-order valence-electron chi connectivity index (χ2n) is 5.37. The van der Waals surface area contributed by atoms with Crippen LogP contribution in [-0.2, 0) is 0 Å². The van der Waals surface area contributed by atoms with Crippen LogP contribution in [0.2, 0.25) is 0 Å². The first-order chi connectivity index (χ1) is 8.81. The third kappa shape index (κ3) is 13.9. The van der Waals surface area contributed by atoms with Gasteiger partial charge in [-0.1, -0.05) is 51.9 Å². The Morgan fingerprint density at radius 1 is 0.889 bits per heavy atom. The highest BCUT2D eigenvalue weighted by Crippen LogP contribution is 2.04. The number of hydrogen-bond donors (Lipinski definition) is 3. The van der Waals surface area contributed by atoms with E-state index < -0.39 is 0 Å². The van der Waals surface area contributed by atoms with Gasteiger partial charge < -0.3 is 16.8 Å². The van der Waals surface area contributed by atoms with Crippen molar-refractivity contribution in [2.45, 2.75) is 77.2 Å². The molecule has 3 nitrogen and oxygen atoms in total. The van der Waals surface area contributed by atoms with Gasteiger partial charge in [0.1, 0.15) is 0 Å². The van der Waals surface area contributed by atoms with Gasteiger partial charge in [-0.3, -0.25) is 0 Å². The topological polar surface area (TPSA) is 64.1 Å².